The fraction of sp³-hybridized carbons (Fsp3) is 0.467. The van der Waals surface area contributed by atoms with Gasteiger partial charge in [0.15, 0.2) is 0 Å². The topological polar surface area (TPSA) is 80.9 Å². The SMILES string of the molecule is Cc1cc(C(C)C)nc(-n2nc(C)c(CC(=O)O)c2C)n1. The lowest BCUT2D eigenvalue weighted by atomic mass is 10.1. The van der Waals surface area contributed by atoms with E-state index in [0.717, 1.165) is 22.6 Å². The highest BCUT2D eigenvalue weighted by atomic mass is 16.4. The lowest BCUT2D eigenvalue weighted by Gasteiger charge is -2.09. The quantitative estimate of drug-likeness (QED) is 0.934. The molecule has 0 atom stereocenters. The van der Waals surface area contributed by atoms with Crippen LogP contribution in [0.3, 0.4) is 0 Å². The summed E-state index contributed by atoms with van der Waals surface area (Å²) in [5.74, 6) is -0.0781. The predicted molar refractivity (Wildman–Crippen MR) is 78.8 cm³/mol. The second-order valence-corrected chi connectivity index (χ2v) is 5.52. The molecule has 2 rings (SSSR count). The lowest BCUT2D eigenvalue weighted by molar-refractivity contribution is -0.136. The summed E-state index contributed by atoms with van der Waals surface area (Å²) >= 11 is 0. The van der Waals surface area contributed by atoms with Crippen LogP contribution in [0.1, 0.15) is 48.1 Å². The van der Waals surface area contributed by atoms with Crippen molar-refractivity contribution < 1.29 is 9.90 Å². The van der Waals surface area contributed by atoms with E-state index in [4.69, 9.17) is 5.11 Å². The maximum absolute atomic E-state index is 10.9. The van der Waals surface area contributed by atoms with Crippen LogP contribution in [-0.4, -0.2) is 30.8 Å². The highest BCUT2D eigenvalue weighted by Gasteiger charge is 2.17. The van der Waals surface area contributed by atoms with Crippen molar-refractivity contribution in [2.24, 2.45) is 0 Å². The van der Waals surface area contributed by atoms with Gasteiger partial charge in [-0.25, -0.2) is 14.6 Å². The molecule has 0 aromatic carbocycles. The van der Waals surface area contributed by atoms with Crippen molar-refractivity contribution in [2.45, 2.75) is 47.0 Å². The van der Waals surface area contributed by atoms with Gasteiger partial charge in [-0.2, -0.15) is 5.10 Å². The zero-order chi connectivity index (χ0) is 15.7. The minimum atomic E-state index is -0.867. The largest absolute Gasteiger partial charge is 0.481 e. The van der Waals surface area contributed by atoms with Gasteiger partial charge in [-0.3, -0.25) is 4.79 Å². The van der Waals surface area contributed by atoms with Gasteiger partial charge in [0.1, 0.15) is 0 Å². The number of aliphatic carboxylic acids is 1. The van der Waals surface area contributed by atoms with Crippen LogP contribution >= 0.6 is 0 Å². The van der Waals surface area contributed by atoms with E-state index in [1.807, 2.05) is 19.9 Å². The van der Waals surface area contributed by atoms with Crippen molar-refractivity contribution in [3.8, 4) is 5.95 Å². The third kappa shape index (κ3) is 3.09. The number of rotatable bonds is 4. The summed E-state index contributed by atoms with van der Waals surface area (Å²) in [7, 11) is 0. The van der Waals surface area contributed by atoms with E-state index in [0.29, 0.717) is 17.6 Å². The van der Waals surface area contributed by atoms with Crippen LogP contribution in [0.5, 0.6) is 0 Å². The van der Waals surface area contributed by atoms with Crippen LogP contribution in [-0.2, 0) is 11.2 Å². The van der Waals surface area contributed by atoms with Gasteiger partial charge in [0, 0.05) is 22.6 Å². The first-order chi connectivity index (χ1) is 9.79. The number of carbonyl (C=O) groups is 1. The molecule has 6 heteroatoms. The van der Waals surface area contributed by atoms with Crippen LogP contribution in [0.15, 0.2) is 6.07 Å². The molecule has 2 aromatic rings. The number of carboxylic acid groups (broad SMARTS) is 1. The fourth-order valence-electron chi connectivity index (χ4n) is 2.24. The van der Waals surface area contributed by atoms with Crippen molar-refractivity contribution in [3.05, 3.63) is 34.4 Å². The van der Waals surface area contributed by atoms with Crippen LogP contribution in [0.4, 0.5) is 0 Å². The first-order valence-electron chi connectivity index (χ1n) is 6.92. The Morgan fingerprint density at radius 3 is 2.52 bits per heavy atom. The molecule has 0 bridgehead atoms. The average molecular weight is 288 g/mol. The molecule has 21 heavy (non-hydrogen) atoms. The third-order valence-corrected chi connectivity index (χ3v) is 3.41. The van der Waals surface area contributed by atoms with Crippen molar-refractivity contribution in [3.63, 3.8) is 0 Å². The summed E-state index contributed by atoms with van der Waals surface area (Å²) in [6.07, 6.45) is -0.0412. The summed E-state index contributed by atoms with van der Waals surface area (Å²) in [5.41, 5.74) is 4.01. The number of aryl methyl sites for hydroxylation is 2. The predicted octanol–water partition coefficient (Wildman–Crippen LogP) is 2.34. The van der Waals surface area contributed by atoms with Gasteiger partial charge in [-0.1, -0.05) is 13.8 Å². The molecule has 2 aromatic heterocycles. The number of hydrogen-bond acceptors (Lipinski definition) is 4. The molecule has 0 aliphatic heterocycles. The number of carboxylic acids is 1. The highest BCUT2D eigenvalue weighted by Crippen LogP contribution is 2.19. The second-order valence-electron chi connectivity index (χ2n) is 5.52. The second kappa shape index (κ2) is 5.63. The van der Waals surface area contributed by atoms with Crippen LogP contribution in [0, 0.1) is 20.8 Å². The van der Waals surface area contributed by atoms with Crippen LogP contribution < -0.4 is 0 Å². The number of hydrogen-bond donors (Lipinski definition) is 1. The number of nitrogens with zero attached hydrogens (tertiary/aromatic N) is 4. The smallest absolute Gasteiger partial charge is 0.307 e. The summed E-state index contributed by atoms with van der Waals surface area (Å²) in [4.78, 5) is 19.9. The zero-order valence-electron chi connectivity index (χ0n) is 13.0. The molecule has 0 saturated carbocycles. The molecule has 0 amide bonds. The van der Waals surface area contributed by atoms with E-state index in [-0.39, 0.29) is 6.42 Å². The van der Waals surface area contributed by atoms with Crippen molar-refractivity contribution in [1.82, 2.24) is 19.7 Å². The van der Waals surface area contributed by atoms with E-state index in [9.17, 15) is 4.79 Å². The molecule has 1 N–H and O–H groups in total. The molecular weight excluding hydrogens is 268 g/mol. The maximum atomic E-state index is 10.9. The molecule has 2 heterocycles. The van der Waals surface area contributed by atoms with Crippen molar-refractivity contribution in [2.75, 3.05) is 0 Å². The van der Waals surface area contributed by atoms with Gasteiger partial charge in [-0.05, 0) is 32.8 Å². The molecule has 0 unspecified atom stereocenters. The average Bonchev–Trinajstić information content (AvgIpc) is 2.65. The molecule has 0 aliphatic carbocycles. The summed E-state index contributed by atoms with van der Waals surface area (Å²) in [6, 6.07) is 1.96. The van der Waals surface area contributed by atoms with Crippen LogP contribution in [0.25, 0.3) is 5.95 Å². The Kier molecular flexibility index (Phi) is 4.06. The molecule has 0 radical (unpaired) electrons. The fourth-order valence-corrected chi connectivity index (χ4v) is 2.24. The molecule has 0 fully saturated rings. The minimum absolute atomic E-state index is 0.0412. The first-order valence-corrected chi connectivity index (χ1v) is 6.92. The maximum Gasteiger partial charge on any atom is 0.307 e. The Hall–Kier alpha value is -2.24. The van der Waals surface area contributed by atoms with E-state index in [2.05, 4.69) is 28.9 Å². The van der Waals surface area contributed by atoms with Gasteiger partial charge in [0.2, 0.25) is 0 Å². The first kappa shape index (κ1) is 15.2. The van der Waals surface area contributed by atoms with Gasteiger partial charge >= 0.3 is 5.97 Å². The Bertz CT molecular complexity index is 689. The van der Waals surface area contributed by atoms with Crippen molar-refractivity contribution >= 4 is 5.97 Å². The summed E-state index contributed by atoms with van der Waals surface area (Å²) in [5, 5.41) is 13.4. The number of aromatic nitrogens is 4. The Balaban J connectivity index is 2.55. The van der Waals surface area contributed by atoms with E-state index < -0.39 is 5.97 Å². The van der Waals surface area contributed by atoms with Crippen molar-refractivity contribution in [1.29, 1.82) is 0 Å². The van der Waals surface area contributed by atoms with Gasteiger partial charge in [0.05, 0.1) is 12.1 Å². The zero-order valence-corrected chi connectivity index (χ0v) is 13.0. The summed E-state index contributed by atoms with van der Waals surface area (Å²) in [6.45, 7) is 9.71. The molecule has 0 saturated heterocycles. The molecule has 112 valence electrons. The Labute approximate surface area is 123 Å². The lowest BCUT2D eigenvalue weighted by Crippen LogP contribution is -2.09. The van der Waals surface area contributed by atoms with E-state index in [1.54, 1.807) is 11.6 Å². The molecular formula is C15H20N4O2. The highest BCUT2D eigenvalue weighted by molar-refractivity contribution is 5.71. The summed E-state index contributed by atoms with van der Waals surface area (Å²) < 4.78 is 1.63. The van der Waals surface area contributed by atoms with Crippen LogP contribution in [0.2, 0.25) is 0 Å². The molecule has 6 nitrogen and oxygen atoms in total. The Morgan fingerprint density at radius 2 is 1.95 bits per heavy atom. The van der Waals surface area contributed by atoms with Gasteiger partial charge < -0.3 is 5.11 Å². The van der Waals surface area contributed by atoms with Gasteiger partial charge in [0.25, 0.3) is 5.95 Å². The van der Waals surface area contributed by atoms with E-state index in [1.165, 1.54) is 0 Å². The normalized spacial score (nSPS) is 11.1. The Morgan fingerprint density at radius 1 is 1.29 bits per heavy atom. The monoisotopic (exact) mass is 288 g/mol. The molecule has 0 spiro atoms. The van der Waals surface area contributed by atoms with Gasteiger partial charge in [-0.15, -0.1) is 0 Å². The standard InChI is InChI=1S/C15H20N4O2/c1-8(2)13-6-9(3)16-15(17-13)19-11(5)12(7-14(20)21)10(4)18-19/h6,8H,7H2,1-5H3,(H,20,21). The molecule has 0 aliphatic rings. The third-order valence-electron chi connectivity index (χ3n) is 3.41. The minimum Gasteiger partial charge on any atom is -0.481 e. The van der Waals surface area contributed by atoms with E-state index >= 15 is 0 Å².